The Morgan fingerprint density at radius 2 is 1.16 bits per heavy atom. The van der Waals surface area contributed by atoms with Crippen molar-refractivity contribution < 1.29 is 38.4 Å². The number of hydrogen-bond acceptors (Lipinski definition) is 11. The molecule has 2 aromatic carbocycles. The Labute approximate surface area is 417 Å². The summed E-state index contributed by atoms with van der Waals surface area (Å²) in [7, 11) is 0. The van der Waals surface area contributed by atoms with Crippen LogP contribution in [0.1, 0.15) is 108 Å². The molecule has 0 amide bonds. The highest BCUT2D eigenvalue weighted by atomic mass is 35.5. The lowest BCUT2D eigenvalue weighted by molar-refractivity contribution is -0.174. The number of carbonyl (C=O) groups is 2. The predicted octanol–water partition coefficient (Wildman–Crippen LogP) is 9.90. The lowest BCUT2D eigenvalue weighted by atomic mass is 9.64. The van der Waals surface area contributed by atoms with Gasteiger partial charge in [0.2, 0.25) is 0 Å². The van der Waals surface area contributed by atoms with Crippen LogP contribution >= 0.6 is 23.2 Å². The lowest BCUT2D eigenvalue weighted by Gasteiger charge is -2.54. The Hall–Kier alpha value is -4.44. The largest absolute Gasteiger partial charge is 0.487 e. The van der Waals surface area contributed by atoms with E-state index in [-0.39, 0.29) is 47.1 Å². The molecule has 0 radical (unpaired) electrons. The standard InChI is InChI=1S/2C24H32ClN3O2.C5H6O4/c2*1-17-26-8-11-28(17)13-12-27-9-6-24(7-10-27)15-20-22(29-16-24)19-5-4-18(25)14-21(19)30-23(20,2)3;6-4-9-3-1-2-5(7)8/h2*4-5,8,11,14,20,22H,6-7,9-10,12-13,15-16H2,1-3H3;1,3-4H,2H2,(H,7,8)/b;;3-1+. The molecule has 4 atom stereocenters. The fourth-order valence-electron chi connectivity index (χ4n) is 11.5. The maximum Gasteiger partial charge on any atom is 0.307 e. The Morgan fingerprint density at radius 1 is 0.725 bits per heavy atom. The Bertz CT molecular complexity index is 2270. The summed E-state index contributed by atoms with van der Waals surface area (Å²) in [6.07, 6.45) is 17.4. The predicted molar refractivity (Wildman–Crippen MR) is 265 cm³/mol. The number of nitrogens with zero attached hydrogens (tertiary/aromatic N) is 6. The molecule has 14 nitrogen and oxygen atoms in total. The number of ether oxygens (including phenoxy) is 5. The number of carboxylic acid groups (broad SMARTS) is 1. The van der Waals surface area contributed by atoms with E-state index in [0.29, 0.717) is 21.9 Å². The van der Waals surface area contributed by atoms with Crippen LogP contribution in [0.2, 0.25) is 10.0 Å². The molecule has 69 heavy (non-hydrogen) atoms. The Balaban J connectivity index is 0.000000158. The van der Waals surface area contributed by atoms with Crippen LogP contribution in [0.5, 0.6) is 11.5 Å². The SMILES string of the molecule is Cc1nccn1CCN1CCC2(CC1)COC1c3ccc(Cl)cc3OC(C)(C)C1C2.Cc1nccn1CCN1CCC2(CC1)COC1c3ccc(Cl)cc3OC(C)(C)C1C2.O=CO/C=C/CC(=O)O. The van der Waals surface area contributed by atoms with Gasteiger partial charge in [-0.3, -0.25) is 9.59 Å². The first-order chi connectivity index (χ1) is 33.0. The number of imidazole rings is 2. The number of fused-ring (bicyclic) bond motifs is 6. The first-order valence-electron chi connectivity index (χ1n) is 24.5. The third-order valence-electron chi connectivity index (χ3n) is 15.8. The molecule has 10 rings (SSSR count). The summed E-state index contributed by atoms with van der Waals surface area (Å²) in [5.74, 6) is 3.72. The van der Waals surface area contributed by atoms with Crippen molar-refractivity contribution in [2.24, 2.45) is 22.7 Å². The van der Waals surface area contributed by atoms with Gasteiger partial charge >= 0.3 is 5.97 Å². The quantitative estimate of drug-likeness (QED) is 0.119. The summed E-state index contributed by atoms with van der Waals surface area (Å²) >= 11 is 12.4. The van der Waals surface area contributed by atoms with Gasteiger partial charge in [-0.05, 0) is 147 Å². The Morgan fingerprint density at radius 3 is 1.54 bits per heavy atom. The molecule has 2 aromatic heterocycles. The van der Waals surface area contributed by atoms with Gasteiger partial charge in [-0.1, -0.05) is 35.3 Å². The number of piperidine rings is 2. The van der Waals surface area contributed by atoms with Crippen LogP contribution in [0, 0.1) is 36.5 Å². The van der Waals surface area contributed by atoms with Crippen molar-refractivity contribution in [2.45, 2.75) is 123 Å². The monoisotopic (exact) mass is 988 g/mol. The van der Waals surface area contributed by atoms with Gasteiger partial charge in [-0.15, -0.1) is 0 Å². The number of hydrogen-bond donors (Lipinski definition) is 1. The van der Waals surface area contributed by atoms with Crippen molar-refractivity contribution in [1.29, 1.82) is 0 Å². The van der Waals surface area contributed by atoms with Gasteiger partial charge in [0.25, 0.3) is 6.47 Å². The van der Waals surface area contributed by atoms with Gasteiger partial charge in [0, 0.05) is 84.0 Å². The van der Waals surface area contributed by atoms with E-state index < -0.39 is 5.97 Å². The van der Waals surface area contributed by atoms with Crippen molar-refractivity contribution in [3.63, 3.8) is 0 Å². The van der Waals surface area contributed by atoms with Gasteiger partial charge in [0.1, 0.15) is 34.3 Å². The molecule has 0 bridgehead atoms. The second-order valence-corrected chi connectivity index (χ2v) is 22.0. The van der Waals surface area contributed by atoms with Gasteiger partial charge in [-0.2, -0.15) is 0 Å². The summed E-state index contributed by atoms with van der Waals surface area (Å²) in [4.78, 5) is 33.0. The van der Waals surface area contributed by atoms with E-state index in [4.69, 9.17) is 47.3 Å². The van der Waals surface area contributed by atoms with E-state index in [1.165, 1.54) is 44.6 Å². The molecule has 1 N–H and O–H groups in total. The van der Waals surface area contributed by atoms with Crippen molar-refractivity contribution in [3.05, 3.63) is 106 Å². The highest BCUT2D eigenvalue weighted by molar-refractivity contribution is 6.31. The number of benzene rings is 2. The summed E-state index contributed by atoms with van der Waals surface area (Å²) in [6, 6.07) is 11.9. The van der Waals surface area contributed by atoms with Crippen molar-refractivity contribution in [1.82, 2.24) is 28.9 Å². The number of carbonyl (C=O) groups excluding carboxylic acids is 1. The normalized spacial score (nSPS) is 25.0. The van der Waals surface area contributed by atoms with Crippen molar-refractivity contribution >= 4 is 35.6 Å². The summed E-state index contributed by atoms with van der Waals surface area (Å²) < 4.78 is 34.6. The molecule has 8 heterocycles. The minimum absolute atomic E-state index is 0.105. The highest BCUT2D eigenvalue weighted by Gasteiger charge is 2.54. The number of likely N-dealkylation sites (tertiary alicyclic amines) is 2. The van der Waals surface area contributed by atoms with Gasteiger partial charge in [-0.25, -0.2) is 9.97 Å². The van der Waals surface area contributed by atoms with E-state index in [9.17, 15) is 9.59 Å². The number of aliphatic carboxylic acids is 1. The zero-order valence-corrected chi connectivity index (χ0v) is 42.6. The van der Waals surface area contributed by atoms with E-state index in [2.05, 4.69) is 99.7 Å². The van der Waals surface area contributed by atoms with Crippen LogP contribution in [0.25, 0.3) is 0 Å². The third-order valence-corrected chi connectivity index (χ3v) is 16.3. The van der Waals surface area contributed by atoms with Gasteiger partial charge in [0.05, 0.1) is 38.1 Å². The van der Waals surface area contributed by atoms with E-state index >= 15 is 0 Å². The summed E-state index contributed by atoms with van der Waals surface area (Å²) in [5, 5.41) is 9.45. The molecule has 374 valence electrons. The third kappa shape index (κ3) is 12.0. The highest BCUT2D eigenvalue weighted by Crippen LogP contribution is 2.57. The number of aryl methyl sites for hydroxylation is 2. The minimum Gasteiger partial charge on any atom is -0.487 e. The Kier molecular flexibility index (Phi) is 15.9. The smallest absolute Gasteiger partial charge is 0.307 e. The number of carboxylic acids is 1. The van der Waals surface area contributed by atoms with Crippen LogP contribution in [0.3, 0.4) is 0 Å². The molecule has 6 aliphatic heterocycles. The molecule has 4 unspecified atom stereocenters. The van der Waals surface area contributed by atoms with E-state index in [1.807, 2.05) is 36.7 Å². The zero-order chi connectivity index (χ0) is 49.0. The van der Waals surface area contributed by atoms with Crippen molar-refractivity contribution in [2.75, 3.05) is 52.5 Å². The first-order valence-corrected chi connectivity index (χ1v) is 25.3. The average molecular weight is 990 g/mol. The van der Waals surface area contributed by atoms with Crippen LogP contribution in [-0.4, -0.2) is 110 Å². The average Bonchev–Trinajstić information content (AvgIpc) is 3.93. The maximum absolute atomic E-state index is 9.77. The summed E-state index contributed by atoms with van der Waals surface area (Å²) in [6.45, 7) is 23.7. The van der Waals surface area contributed by atoms with Crippen molar-refractivity contribution in [3.8, 4) is 11.5 Å². The maximum atomic E-state index is 9.77. The minimum atomic E-state index is -0.958. The molecule has 16 heteroatoms. The summed E-state index contributed by atoms with van der Waals surface area (Å²) in [5.41, 5.74) is 2.34. The van der Waals surface area contributed by atoms with Gasteiger partial charge in [0.15, 0.2) is 0 Å². The van der Waals surface area contributed by atoms with E-state index in [1.54, 1.807) is 0 Å². The van der Waals surface area contributed by atoms with Crippen LogP contribution in [-0.2, 0) is 36.9 Å². The number of rotatable bonds is 10. The second-order valence-electron chi connectivity index (χ2n) is 21.1. The molecule has 0 saturated carbocycles. The van der Waals surface area contributed by atoms with Crippen LogP contribution in [0.15, 0.2) is 73.5 Å². The molecule has 2 spiro atoms. The molecule has 6 aliphatic rings. The van der Waals surface area contributed by atoms with Gasteiger partial charge < -0.3 is 47.7 Å². The molecule has 0 aliphatic carbocycles. The first kappa shape index (κ1) is 50.9. The van der Waals surface area contributed by atoms with E-state index in [0.717, 1.165) is 106 Å². The zero-order valence-electron chi connectivity index (χ0n) is 41.1. The molecule has 4 fully saturated rings. The fourth-order valence-corrected chi connectivity index (χ4v) is 11.8. The number of aromatic nitrogens is 4. The lowest BCUT2D eigenvalue weighted by Crippen LogP contribution is -2.54. The molecule has 4 saturated heterocycles. The fraction of sp³-hybridized carbons (Fsp3) is 0.585. The molecule has 4 aromatic rings. The number of halogens is 2. The molecular formula is C53H70Cl2N6O8. The second kappa shape index (κ2) is 21.5. The molecular weight excluding hydrogens is 920 g/mol. The topological polar surface area (TPSA) is 143 Å². The van der Waals surface area contributed by atoms with Crippen LogP contribution in [0.4, 0.5) is 0 Å². The van der Waals surface area contributed by atoms with Crippen LogP contribution < -0.4 is 9.47 Å².